The molecule has 6 nitrogen and oxygen atoms in total. The van der Waals surface area contributed by atoms with Crippen molar-refractivity contribution in [1.82, 2.24) is 15.1 Å². The number of nitrogens with one attached hydrogen (secondary N) is 1. The van der Waals surface area contributed by atoms with E-state index in [9.17, 15) is 14.7 Å². The van der Waals surface area contributed by atoms with E-state index < -0.39 is 17.4 Å². The summed E-state index contributed by atoms with van der Waals surface area (Å²) in [6, 6.07) is 4.42. The molecule has 1 amide bonds. The maximum absolute atomic E-state index is 12.3. The van der Waals surface area contributed by atoms with Gasteiger partial charge in [-0.1, -0.05) is 29.3 Å². The molecule has 0 aliphatic carbocycles. The molecule has 1 unspecified atom stereocenters. The smallest absolute Gasteiger partial charge is 0.333 e. The maximum Gasteiger partial charge on any atom is 0.333 e. The van der Waals surface area contributed by atoms with Crippen LogP contribution in [0, 0.1) is 0 Å². The highest BCUT2D eigenvalue weighted by Gasteiger charge is 2.37. The van der Waals surface area contributed by atoms with Gasteiger partial charge in [0.15, 0.2) is 5.54 Å². The van der Waals surface area contributed by atoms with Gasteiger partial charge in [-0.3, -0.25) is 9.48 Å². The summed E-state index contributed by atoms with van der Waals surface area (Å²) in [4.78, 5) is 24.1. The molecule has 1 aromatic carbocycles. The van der Waals surface area contributed by atoms with E-state index in [4.69, 9.17) is 23.2 Å². The molecule has 1 heterocycles. The van der Waals surface area contributed by atoms with Gasteiger partial charge in [-0.05, 0) is 31.5 Å². The summed E-state index contributed by atoms with van der Waals surface area (Å²) in [5.74, 6) is -1.76. The normalized spacial score (nSPS) is 13.4. The van der Waals surface area contributed by atoms with Gasteiger partial charge >= 0.3 is 5.97 Å². The first-order chi connectivity index (χ1) is 10.8. The Bertz CT molecular complexity index is 760. The lowest BCUT2D eigenvalue weighted by molar-refractivity contribution is -0.144. The number of benzene rings is 1. The third-order valence-electron chi connectivity index (χ3n) is 3.51. The Labute approximate surface area is 143 Å². The Hall–Kier alpha value is -2.05. The van der Waals surface area contributed by atoms with Crippen molar-refractivity contribution in [3.63, 3.8) is 0 Å². The van der Waals surface area contributed by atoms with Gasteiger partial charge in [0.1, 0.15) is 0 Å². The molecule has 1 atom stereocenters. The zero-order valence-corrected chi connectivity index (χ0v) is 14.0. The van der Waals surface area contributed by atoms with E-state index in [1.165, 1.54) is 31.3 Å². The van der Waals surface area contributed by atoms with Crippen molar-refractivity contribution in [2.75, 3.05) is 0 Å². The second-order valence-electron chi connectivity index (χ2n) is 5.10. The van der Waals surface area contributed by atoms with Crippen LogP contribution in [0.4, 0.5) is 0 Å². The number of hydrogen-bond donors (Lipinski definition) is 2. The molecular weight excluding hydrogens is 341 g/mol. The van der Waals surface area contributed by atoms with E-state index >= 15 is 0 Å². The Morgan fingerprint density at radius 2 is 2.04 bits per heavy atom. The Morgan fingerprint density at radius 3 is 2.57 bits per heavy atom. The summed E-state index contributed by atoms with van der Waals surface area (Å²) in [7, 11) is 0. The summed E-state index contributed by atoms with van der Waals surface area (Å²) < 4.78 is 1.58. The first-order valence-corrected chi connectivity index (χ1v) is 7.57. The van der Waals surface area contributed by atoms with Crippen LogP contribution in [0.25, 0.3) is 0 Å². The van der Waals surface area contributed by atoms with Crippen LogP contribution in [0.3, 0.4) is 0 Å². The Kier molecular flexibility index (Phi) is 4.97. The summed E-state index contributed by atoms with van der Waals surface area (Å²) >= 11 is 11.8. The summed E-state index contributed by atoms with van der Waals surface area (Å²) in [6.07, 6.45) is 2.93. The number of rotatable bonds is 5. The average Bonchev–Trinajstić information content (AvgIpc) is 2.98. The van der Waals surface area contributed by atoms with Gasteiger partial charge < -0.3 is 10.4 Å². The van der Waals surface area contributed by atoms with Crippen molar-refractivity contribution < 1.29 is 14.7 Å². The SMILES string of the molecule is CCn1cc(C(=O)NC(C)(C(=O)O)c2ccc(Cl)c(Cl)c2)cn1. The van der Waals surface area contributed by atoms with Crippen LogP contribution in [-0.4, -0.2) is 26.8 Å². The number of aromatic nitrogens is 2. The van der Waals surface area contributed by atoms with E-state index in [0.29, 0.717) is 17.1 Å². The number of hydrogen-bond acceptors (Lipinski definition) is 3. The zero-order valence-electron chi connectivity index (χ0n) is 12.5. The first kappa shape index (κ1) is 17.3. The van der Waals surface area contributed by atoms with Crippen molar-refractivity contribution in [2.24, 2.45) is 0 Å². The topological polar surface area (TPSA) is 84.2 Å². The summed E-state index contributed by atoms with van der Waals surface area (Å²) in [5.41, 5.74) is -1.06. The summed E-state index contributed by atoms with van der Waals surface area (Å²) in [6.45, 7) is 3.87. The largest absolute Gasteiger partial charge is 0.479 e. The van der Waals surface area contributed by atoms with Gasteiger partial charge in [-0.2, -0.15) is 5.10 Å². The molecule has 23 heavy (non-hydrogen) atoms. The van der Waals surface area contributed by atoms with Crippen molar-refractivity contribution >= 4 is 35.1 Å². The van der Waals surface area contributed by atoms with Crippen molar-refractivity contribution in [3.8, 4) is 0 Å². The van der Waals surface area contributed by atoms with Crippen LogP contribution >= 0.6 is 23.2 Å². The molecule has 0 radical (unpaired) electrons. The van der Waals surface area contributed by atoms with Gasteiger partial charge in [-0.25, -0.2) is 4.79 Å². The molecule has 0 spiro atoms. The highest BCUT2D eigenvalue weighted by Crippen LogP contribution is 2.29. The number of aliphatic carboxylic acids is 1. The second-order valence-corrected chi connectivity index (χ2v) is 5.91. The van der Waals surface area contributed by atoms with E-state index in [-0.39, 0.29) is 10.6 Å². The van der Waals surface area contributed by atoms with Crippen molar-refractivity contribution in [1.29, 1.82) is 0 Å². The van der Waals surface area contributed by atoms with Crippen molar-refractivity contribution in [3.05, 3.63) is 51.8 Å². The molecular formula is C15H15Cl2N3O3. The Morgan fingerprint density at radius 1 is 1.35 bits per heavy atom. The standard InChI is InChI=1S/C15H15Cl2N3O3/c1-3-20-8-9(7-18-20)13(21)19-15(2,14(22)23)10-4-5-11(16)12(17)6-10/h4-8H,3H2,1-2H3,(H,19,21)(H,22,23). The van der Waals surface area contributed by atoms with Crippen LogP contribution in [0.15, 0.2) is 30.6 Å². The highest BCUT2D eigenvalue weighted by molar-refractivity contribution is 6.42. The minimum atomic E-state index is -1.65. The van der Waals surface area contributed by atoms with Crippen LogP contribution in [0.5, 0.6) is 0 Å². The molecule has 2 rings (SSSR count). The van der Waals surface area contributed by atoms with Crippen LogP contribution < -0.4 is 5.32 Å². The molecule has 0 bridgehead atoms. The molecule has 0 saturated carbocycles. The molecule has 0 fully saturated rings. The van der Waals surface area contributed by atoms with Gasteiger partial charge in [0.05, 0.1) is 21.8 Å². The van der Waals surface area contributed by atoms with E-state index in [1.54, 1.807) is 10.9 Å². The fraction of sp³-hybridized carbons (Fsp3) is 0.267. The number of carboxylic acids is 1. The lowest BCUT2D eigenvalue weighted by atomic mass is 9.91. The van der Waals surface area contributed by atoms with Gasteiger partial charge in [-0.15, -0.1) is 0 Å². The lowest BCUT2D eigenvalue weighted by Gasteiger charge is -2.27. The second kappa shape index (κ2) is 6.60. The first-order valence-electron chi connectivity index (χ1n) is 6.81. The van der Waals surface area contributed by atoms with Gasteiger partial charge in [0.2, 0.25) is 0 Å². The molecule has 1 aromatic heterocycles. The predicted octanol–water partition coefficient (Wildman–Crippen LogP) is 2.94. The number of halogens is 2. The number of aryl methyl sites for hydroxylation is 1. The molecule has 2 N–H and O–H groups in total. The molecule has 0 aliphatic rings. The third kappa shape index (κ3) is 3.48. The van der Waals surface area contributed by atoms with E-state index in [2.05, 4.69) is 10.4 Å². The Balaban J connectivity index is 2.35. The molecule has 122 valence electrons. The van der Waals surface area contributed by atoms with Crippen LogP contribution in [-0.2, 0) is 16.9 Å². The van der Waals surface area contributed by atoms with Crippen LogP contribution in [0.1, 0.15) is 29.8 Å². The molecule has 2 aromatic rings. The number of carboxylic acid groups (broad SMARTS) is 1. The number of carbonyl (C=O) groups is 2. The van der Waals surface area contributed by atoms with E-state index in [1.807, 2.05) is 6.92 Å². The van der Waals surface area contributed by atoms with Gasteiger partial charge in [0, 0.05) is 12.7 Å². The van der Waals surface area contributed by atoms with Crippen LogP contribution in [0.2, 0.25) is 10.0 Å². The quantitative estimate of drug-likeness (QED) is 0.863. The zero-order chi connectivity index (χ0) is 17.2. The third-order valence-corrected chi connectivity index (χ3v) is 4.25. The number of amides is 1. The molecule has 0 aliphatic heterocycles. The number of carbonyl (C=O) groups excluding carboxylic acids is 1. The minimum Gasteiger partial charge on any atom is -0.479 e. The van der Waals surface area contributed by atoms with E-state index in [0.717, 1.165) is 0 Å². The maximum atomic E-state index is 12.3. The average molecular weight is 356 g/mol. The monoisotopic (exact) mass is 355 g/mol. The lowest BCUT2D eigenvalue weighted by Crippen LogP contribution is -2.49. The van der Waals surface area contributed by atoms with Crippen molar-refractivity contribution in [2.45, 2.75) is 25.9 Å². The van der Waals surface area contributed by atoms with Gasteiger partial charge in [0.25, 0.3) is 5.91 Å². The summed E-state index contributed by atoms with van der Waals surface area (Å²) in [5, 5.41) is 16.6. The number of nitrogens with zero attached hydrogens (tertiary/aromatic N) is 2. The molecule has 8 heteroatoms. The fourth-order valence-electron chi connectivity index (χ4n) is 2.01. The highest BCUT2D eigenvalue weighted by atomic mass is 35.5. The molecule has 0 saturated heterocycles. The predicted molar refractivity (Wildman–Crippen MR) is 86.8 cm³/mol. The fourth-order valence-corrected chi connectivity index (χ4v) is 2.31. The minimum absolute atomic E-state index is 0.213.